The van der Waals surface area contributed by atoms with Gasteiger partial charge in [0.15, 0.2) is 0 Å². The minimum Gasteiger partial charge on any atom is -0.481 e. The van der Waals surface area contributed by atoms with E-state index in [0.29, 0.717) is 59.7 Å². The predicted molar refractivity (Wildman–Crippen MR) is 169 cm³/mol. The Morgan fingerprint density at radius 2 is 1.07 bits per heavy atom. The maximum atomic E-state index is 12.6. The van der Waals surface area contributed by atoms with Crippen molar-refractivity contribution in [3.8, 4) is 0 Å². The number of carboxylic acid groups (broad SMARTS) is 2. The van der Waals surface area contributed by atoms with E-state index >= 15 is 0 Å². The average molecular weight is 686 g/mol. The topological polar surface area (TPSA) is 115 Å². The van der Waals surface area contributed by atoms with Crippen molar-refractivity contribution in [1.29, 1.82) is 0 Å². The van der Waals surface area contributed by atoms with Crippen LogP contribution in [0.4, 0.5) is 0 Å². The summed E-state index contributed by atoms with van der Waals surface area (Å²) >= 11 is 27.4. The largest absolute Gasteiger partial charge is 0.481 e. The summed E-state index contributed by atoms with van der Waals surface area (Å²) in [6.07, 6.45) is 8.17. The molecule has 2 saturated heterocycles. The molecule has 4 rings (SSSR count). The second-order valence-electron chi connectivity index (χ2n) is 10.3. The number of hydrogen-bond acceptors (Lipinski definition) is 5. The van der Waals surface area contributed by atoms with Crippen molar-refractivity contribution in [3.63, 3.8) is 0 Å². The molecule has 2 heterocycles. The van der Waals surface area contributed by atoms with E-state index in [2.05, 4.69) is 0 Å². The van der Waals surface area contributed by atoms with Gasteiger partial charge in [-0.15, -0.1) is 0 Å². The van der Waals surface area contributed by atoms with Crippen LogP contribution in [0, 0.1) is 11.8 Å². The Labute approximate surface area is 273 Å². The first-order valence-corrected chi connectivity index (χ1v) is 15.8. The highest BCUT2D eigenvalue weighted by Crippen LogP contribution is 2.44. The van der Waals surface area contributed by atoms with Crippen molar-refractivity contribution in [2.24, 2.45) is 11.8 Å². The van der Waals surface area contributed by atoms with E-state index < -0.39 is 23.8 Å². The molecule has 0 spiro atoms. The standard InChI is InChI=1S/C30H28Cl4N2O6S/c31-25-17(7-11-23(37)35-13-1-3-19(15-35)29(39)40)5-9-21(27(25)33)43-22-10-6-18(26(32)28(22)34)8-12-24(38)36-14-2-4-20(16-36)30(41)42/h5-12,19-20H,1-4,13-16H2,(H,39,40)(H,41,42)/b11-7+,12-8+. The fraction of sp³-hybridized carbons (Fsp3) is 0.333. The zero-order chi connectivity index (χ0) is 31.3. The summed E-state index contributed by atoms with van der Waals surface area (Å²) in [6, 6.07) is 6.91. The molecule has 0 bridgehead atoms. The van der Waals surface area contributed by atoms with Gasteiger partial charge < -0.3 is 20.0 Å². The molecule has 2 unspecified atom stereocenters. The molecule has 13 heteroatoms. The quantitative estimate of drug-likeness (QED) is 0.284. The lowest BCUT2D eigenvalue weighted by Gasteiger charge is -2.29. The van der Waals surface area contributed by atoms with Crippen LogP contribution in [0.3, 0.4) is 0 Å². The van der Waals surface area contributed by atoms with Gasteiger partial charge in [0.2, 0.25) is 11.8 Å². The van der Waals surface area contributed by atoms with Gasteiger partial charge in [0, 0.05) is 48.1 Å². The number of aliphatic carboxylic acids is 2. The highest BCUT2D eigenvalue weighted by atomic mass is 35.5. The normalized spacial score (nSPS) is 19.3. The number of carbonyl (C=O) groups is 4. The Bertz CT molecular complexity index is 1390. The molecule has 2 atom stereocenters. The molecule has 2 aromatic rings. The minimum absolute atomic E-state index is 0.169. The third-order valence-corrected chi connectivity index (χ3v) is 10.5. The van der Waals surface area contributed by atoms with Crippen LogP contribution in [0.2, 0.25) is 20.1 Å². The molecule has 2 amide bonds. The zero-order valence-corrected chi connectivity index (χ0v) is 26.6. The predicted octanol–water partition coefficient (Wildman–Crippen LogP) is 7.12. The van der Waals surface area contributed by atoms with Gasteiger partial charge in [-0.2, -0.15) is 0 Å². The van der Waals surface area contributed by atoms with E-state index in [1.165, 1.54) is 33.7 Å². The number of likely N-dealkylation sites (tertiary alicyclic amines) is 2. The third kappa shape index (κ3) is 8.28. The Hall–Kier alpha value is -2.69. The van der Waals surface area contributed by atoms with Crippen molar-refractivity contribution < 1.29 is 29.4 Å². The molecule has 0 saturated carbocycles. The molecule has 2 aliphatic heterocycles. The number of carbonyl (C=O) groups excluding carboxylic acids is 2. The number of benzene rings is 2. The smallest absolute Gasteiger partial charge is 0.308 e. The second kappa shape index (κ2) is 14.9. The lowest BCUT2D eigenvalue weighted by molar-refractivity contribution is -0.146. The number of nitrogens with zero attached hydrogens (tertiary/aromatic N) is 2. The van der Waals surface area contributed by atoms with E-state index in [1.807, 2.05) is 0 Å². The van der Waals surface area contributed by atoms with Crippen molar-refractivity contribution in [2.45, 2.75) is 35.5 Å². The van der Waals surface area contributed by atoms with Gasteiger partial charge in [-0.1, -0.05) is 70.3 Å². The molecule has 0 aliphatic carbocycles. The molecule has 228 valence electrons. The van der Waals surface area contributed by atoms with Crippen LogP contribution in [0.15, 0.2) is 46.2 Å². The first-order valence-electron chi connectivity index (χ1n) is 13.5. The van der Waals surface area contributed by atoms with Crippen LogP contribution in [-0.2, 0) is 19.2 Å². The Morgan fingerprint density at radius 3 is 1.44 bits per heavy atom. The van der Waals surface area contributed by atoms with Gasteiger partial charge in [-0.25, -0.2) is 0 Å². The van der Waals surface area contributed by atoms with Crippen LogP contribution in [0.5, 0.6) is 0 Å². The summed E-state index contributed by atoms with van der Waals surface area (Å²) in [5.41, 5.74) is 1.04. The molecular weight excluding hydrogens is 658 g/mol. The highest BCUT2D eigenvalue weighted by Gasteiger charge is 2.28. The van der Waals surface area contributed by atoms with Gasteiger partial charge in [0.25, 0.3) is 0 Å². The molecule has 0 aromatic heterocycles. The molecule has 0 radical (unpaired) electrons. The van der Waals surface area contributed by atoms with Crippen LogP contribution in [0.1, 0.15) is 36.8 Å². The Morgan fingerprint density at radius 1 is 0.674 bits per heavy atom. The molecule has 2 aromatic carbocycles. The summed E-state index contributed by atoms with van der Waals surface area (Å²) < 4.78 is 0. The number of amides is 2. The van der Waals surface area contributed by atoms with E-state index in [0.717, 1.165) is 0 Å². The monoisotopic (exact) mass is 684 g/mol. The maximum Gasteiger partial charge on any atom is 0.308 e. The summed E-state index contributed by atoms with van der Waals surface area (Å²) in [5, 5.41) is 19.5. The lowest BCUT2D eigenvalue weighted by Crippen LogP contribution is -2.41. The lowest BCUT2D eigenvalue weighted by atomic mass is 9.98. The Kier molecular flexibility index (Phi) is 11.5. The molecular formula is C30H28Cl4N2O6S. The number of halogens is 4. The number of carboxylic acids is 2. The van der Waals surface area contributed by atoms with Crippen molar-refractivity contribution in [2.75, 3.05) is 26.2 Å². The molecule has 2 N–H and O–H groups in total. The SMILES string of the molecule is O=C(O)C1CCCN(C(=O)/C=C/c2ccc(Sc3ccc(/C=C/C(=O)N4CCCC(C(=O)O)C4)c(Cl)c3Cl)c(Cl)c2Cl)C1. The van der Waals surface area contributed by atoms with Gasteiger partial charge in [0.05, 0.1) is 31.9 Å². The van der Waals surface area contributed by atoms with Gasteiger partial charge in [-0.05, 0) is 61.1 Å². The minimum atomic E-state index is -0.905. The third-order valence-electron chi connectivity index (χ3n) is 7.35. The summed E-state index contributed by atoms with van der Waals surface area (Å²) in [7, 11) is 0. The molecule has 43 heavy (non-hydrogen) atoms. The van der Waals surface area contributed by atoms with Crippen molar-refractivity contribution in [1.82, 2.24) is 9.80 Å². The average Bonchev–Trinajstić information content (AvgIpc) is 3.00. The molecule has 2 aliphatic rings. The fourth-order valence-corrected chi connectivity index (χ4v) is 6.95. The van der Waals surface area contributed by atoms with Crippen LogP contribution < -0.4 is 0 Å². The summed E-state index contributed by atoms with van der Waals surface area (Å²) in [5.74, 6) is -3.54. The Balaban J connectivity index is 1.43. The van der Waals surface area contributed by atoms with E-state index in [4.69, 9.17) is 46.4 Å². The van der Waals surface area contributed by atoms with Crippen LogP contribution in [0.25, 0.3) is 12.2 Å². The highest BCUT2D eigenvalue weighted by molar-refractivity contribution is 7.99. The van der Waals surface area contributed by atoms with Gasteiger partial charge in [-0.3, -0.25) is 19.2 Å². The number of rotatable bonds is 8. The van der Waals surface area contributed by atoms with E-state index in [9.17, 15) is 29.4 Å². The maximum absolute atomic E-state index is 12.6. The fourth-order valence-electron chi connectivity index (χ4n) is 4.92. The summed E-state index contributed by atoms with van der Waals surface area (Å²) in [6.45, 7) is 1.33. The second-order valence-corrected chi connectivity index (χ2v) is 12.8. The molecule has 2 fully saturated rings. The number of hydrogen-bond donors (Lipinski definition) is 2. The van der Waals surface area contributed by atoms with E-state index in [-0.39, 0.29) is 45.0 Å². The molecule has 8 nitrogen and oxygen atoms in total. The summed E-state index contributed by atoms with van der Waals surface area (Å²) in [4.78, 5) is 52.1. The van der Waals surface area contributed by atoms with E-state index in [1.54, 1.807) is 36.4 Å². The first kappa shape index (κ1) is 33.2. The van der Waals surface area contributed by atoms with Gasteiger partial charge >= 0.3 is 11.9 Å². The van der Waals surface area contributed by atoms with Crippen molar-refractivity contribution >= 4 is 94.1 Å². The van der Waals surface area contributed by atoms with Crippen LogP contribution in [-0.4, -0.2) is 69.9 Å². The number of piperidine rings is 2. The first-order chi connectivity index (χ1) is 20.5. The van der Waals surface area contributed by atoms with Crippen molar-refractivity contribution in [3.05, 3.63) is 67.6 Å². The van der Waals surface area contributed by atoms with Gasteiger partial charge in [0.1, 0.15) is 0 Å². The van der Waals surface area contributed by atoms with Crippen LogP contribution >= 0.6 is 58.2 Å². The zero-order valence-electron chi connectivity index (χ0n) is 22.8.